The second kappa shape index (κ2) is 5.78. The zero-order valence-electron chi connectivity index (χ0n) is 12.4. The molecule has 1 atom stereocenters. The molecule has 3 nitrogen and oxygen atoms in total. The predicted octanol–water partition coefficient (Wildman–Crippen LogP) is 4.20. The number of ketones is 1. The third-order valence-electron chi connectivity index (χ3n) is 4.18. The minimum absolute atomic E-state index is 0.00212. The summed E-state index contributed by atoms with van der Waals surface area (Å²) in [4.78, 5) is 23.1. The summed E-state index contributed by atoms with van der Waals surface area (Å²) in [6.07, 6.45) is -4.46. The fourth-order valence-electron chi connectivity index (χ4n) is 3.09. The summed E-state index contributed by atoms with van der Waals surface area (Å²) in [6.45, 7) is 0. The van der Waals surface area contributed by atoms with Gasteiger partial charge in [0.15, 0.2) is 5.78 Å². The summed E-state index contributed by atoms with van der Waals surface area (Å²) in [7, 11) is 0. The Morgan fingerprint density at radius 1 is 1.12 bits per heavy atom. The molecule has 1 unspecified atom stereocenters. The Morgan fingerprint density at radius 2 is 1.83 bits per heavy atom. The molecule has 124 valence electrons. The van der Waals surface area contributed by atoms with Crippen LogP contribution in [0.3, 0.4) is 0 Å². The van der Waals surface area contributed by atoms with E-state index in [9.17, 15) is 22.8 Å². The van der Waals surface area contributed by atoms with E-state index < -0.39 is 23.6 Å². The Labute approximate surface area is 135 Å². The number of carbonyl (C=O) groups excluding carboxylic acids is 1. The van der Waals surface area contributed by atoms with Crippen LogP contribution < -0.4 is 0 Å². The lowest BCUT2D eigenvalue weighted by molar-refractivity contribution is -0.138. The molecule has 0 aliphatic heterocycles. The van der Waals surface area contributed by atoms with Crippen LogP contribution in [0, 0.1) is 5.92 Å². The summed E-state index contributed by atoms with van der Waals surface area (Å²) in [5.41, 5.74) is 0.529. The van der Waals surface area contributed by atoms with Gasteiger partial charge in [0.25, 0.3) is 0 Å². The molecule has 0 radical (unpaired) electrons. The molecule has 0 saturated carbocycles. The van der Waals surface area contributed by atoms with Gasteiger partial charge in [-0.3, -0.25) is 9.59 Å². The van der Waals surface area contributed by atoms with Gasteiger partial charge >= 0.3 is 12.1 Å². The molecule has 0 heterocycles. The van der Waals surface area contributed by atoms with Crippen molar-refractivity contribution in [2.75, 3.05) is 0 Å². The van der Waals surface area contributed by atoms with Crippen molar-refractivity contribution in [3.63, 3.8) is 0 Å². The fraction of sp³-hybridized carbons (Fsp3) is 0.222. The minimum Gasteiger partial charge on any atom is -0.481 e. The molecule has 2 aromatic carbocycles. The van der Waals surface area contributed by atoms with Crippen molar-refractivity contribution >= 4 is 11.8 Å². The Bertz CT molecular complexity index is 824. The molecule has 24 heavy (non-hydrogen) atoms. The Hall–Kier alpha value is -2.63. The van der Waals surface area contributed by atoms with E-state index >= 15 is 0 Å². The molecule has 2 aromatic rings. The molecule has 3 rings (SSSR count). The van der Waals surface area contributed by atoms with Crippen molar-refractivity contribution < 1.29 is 27.9 Å². The summed E-state index contributed by atoms with van der Waals surface area (Å²) in [5.74, 6) is -2.03. The number of carbonyl (C=O) groups is 2. The van der Waals surface area contributed by atoms with E-state index in [2.05, 4.69) is 0 Å². The van der Waals surface area contributed by atoms with E-state index in [0.29, 0.717) is 23.1 Å². The molecule has 0 aromatic heterocycles. The van der Waals surface area contributed by atoms with Crippen LogP contribution in [0.4, 0.5) is 13.2 Å². The van der Waals surface area contributed by atoms with Crippen LogP contribution in [0.2, 0.25) is 0 Å². The van der Waals surface area contributed by atoms with Gasteiger partial charge in [-0.05, 0) is 35.2 Å². The van der Waals surface area contributed by atoms with Gasteiger partial charge in [-0.25, -0.2) is 0 Å². The second-order valence-corrected chi connectivity index (χ2v) is 5.78. The maximum atomic E-state index is 13.2. The molecule has 1 N–H and O–H groups in total. The monoisotopic (exact) mass is 334 g/mol. The number of benzene rings is 2. The maximum absolute atomic E-state index is 13.2. The molecule has 6 heteroatoms. The van der Waals surface area contributed by atoms with E-state index in [1.807, 2.05) is 0 Å². The first-order chi connectivity index (χ1) is 11.3. The summed E-state index contributed by atoms with van der Waals surface area (Å²) in [6, 6.07) is 9.76. The molecular formula is C18H13F3O3. The highest BCUT2D eigenvalue weighted by atomic mass is 19.4. The molecule has 1 aliphatic carbocycles. The smallest absolute Gasteiger partial charge is 0.417 e. The van der Waals surface area contributed by atoms with Gasteiger partial charge in [0.2, 0.25) is 0 Å². The number of carboxylic acid groups (broad SMARTS) is 1. The predicted molar refractivity (Wildman–Crippen MR) is 80.7 cm³/mol. The summed E-state index contributed by atoms with van der Waals surface area (Å²) >= 11 is 0. The van der Waals surface area contributed by atoms with Crippen LogP contribution in [0.5, 0.6) is 0 Å². The second-order valence-electron chi connectivity index (χ2n) is 5.78. The van der Waals surface area contributed by atoms with E-state index in [1.54, 1.807) is 12.1 Å². The van der Waals surface area contributed by atoms with Crippen LogP contribution in [0.1, 0.15) is 27.9 Å². The van der Waals surface area contributed by atoms with Crippen LogP contribution in [0.25, 0.3) is 11.1 Å². The van der Waals surface area contributed by atoms with Gasteiger partial charge < -0.3 is 5.11 Å². The molecule has 0 spiro atoms. The average molecular weight is 334 g/mol. The van der Waals surface area contributed by atoms with Gasteiger partial charge in [0.1, 0.15) is 0 Å². The third kappa shape index (κ3) is 2.91. The van der Waals surface area contributed by atoms with E-state index in [0.717, 1.165) is 6.07 Å². The lowest BCUT2D eigenvalue weighted by Crippen LogP contribution is -2.13. The quantitative estimate of drug-likeness (QED) is 0.915. The highest BCUT2D eigenvalue weighted by Gasteiger charge is 2.35. The number of carboxylic acids is 1. The first kappa shape index (κ1) is 16.2. The van der Waals surface area contributed by atoms with Crippen LogP contribution >= 0.6 is 0 Å². The number of aliphatic carboxylic acids is 1. The summed E-state index contributed by atoms with van der Waals surface area (Å²) in [5, 5.41) is 8.85. The third-order valence-corrected chi connectivity index (χ3v) is 4.18. The number of hydrogen-bond acceptors (Lipinski definition) is 2. The number of hydrogen-bond donors (Lipinski definition) is 1. The normalized spacial score (nSPS) is 17.0. The van der Waals surface area contributed by atoms with Gasteiger partial charge in [0, 0.05) is 11.5 Å². The standard InChI is InChI=1S/C18H13F3O3/c19-18(20,21)15-4-2-1-3-13(15)11-6-5-10-7-12(9-16(22)23)17(24)14(10)8-11/h1-6,8,12H,7,9H2,(H,22,23). The van der Waals surface area contributed by atoms with Crippen LogP contribution in [0.15, 0.2) is 42.5 Å². The van der Waals surface area contributed by atoms with Crippen molar-refractivity contribution in [2.45, 2.75) is 19.0 Å². The topological polar surface area (TPSA) is 54.4 Å². The van der Waals surface area contributed by atoms with Gasteiger partial charge in [0.05, 0.1) is 12.0 Å². The van der Waals surface area contributed by atoms with E-state index in [4.69, 9.17) is 5.11 Å². The van der Waals surface area contributed by atoms with Gasteiger partial charge in [-0.1, -0.05) is 30.3 Å². The van der Waals surface area contributed by atoms with Crippen molar-refractivity contribution in [1.29, 1.82) is 0 Å². The lowest BCUT2D eigenvalue weighted by Gasteiger charge is -2.13. The maximum Gasteiger partial charge on any atom is 0.417 e. The van der Waals surface area contributed by atoms with Crippen molar-refractivity contribution in [1.82, 2.24) is 0 Å². The first-order valence-electron chi connectivity index (χ1n) is 7.33. The van der Waals surface area contributed by atoms with Crippen molar-refractivity contribution in [2.24, 2.45) is 5.92 Å². The summed E-state index contributed by atoms with van der Waals surface area (Å²) < 4.78 is 39.5. The largest absolute Gasteiger partial charge is 0.481 e. The van der Waals surface area contributed by atoms with Gasteiger partial charge in [-0.15, -0.1) is 0 Å². The fourth-order valence-corrected chi connectivity index (χ4v) is 3.09. The highest BCUT2D eigenvalue weighted by Crippen LogP contribution is 2.39. The Morgan fingerprint density at radius 3 is 2.50 bits per heavy atom. The van der Waals surface area contributed by atoms with E-state index in [1.165, 1.54) is 24.3 Å². The molecular weight excluding hydrogens is 321 g/mol. The van der Waals surface area contributed by atoms with Crippen molar-refractivity contribution in [3.05, 3.63) is 59.2 Å². The van der Waals surface area contributed by atoms with Crippen molar-refractivity contribution in [3.8, 4) is 11.1 Å². The molecule has 1 aliphatic rings. The van der Waals surface area contributed by atoms with Crippen LogP contribution in [-0.4, -0.2) is 16.9 Å². The molecule has 0 fully saturated rings. The first-order valence-corrected chi connectivity index (χ1v) is 7.33. The number of fused-ring (bicyclic) bond motifs is 1. The lowest BCUT2D eigenvalue weighted by atomic mass is 9.96. The number of alkyl halides is 3. The average Bonchev–Trinajstić information content (AvgIpc) is 2.82. The number of rotatable bonds is 3. The molecule has 0 saturated heterocycles. The van der Waals surface area contributed by atoms with Crippen LogP contribution in [-0.2, 0) is 17.4 Å². The zero-order valence-corrected chi connectivity index (χ0v) is 12.4. The molecule has 0 bridgehead atoms. The Kier molecular flexibility index (Phi) is 3.91. The Balaban J connectivity index is 2.03. The number of halogens is 3. The number of Topliss-reactive ketones (excluding diaryl/α,β-unsaturated/α-hetero) is 1. The van der Waals surface area contributed by atoms with E-state index in [-0.39, 0.29) is 17.8 Å². The molecule has 0 amide bonds. The van der Waals surface area contributed by atoms with Gasteiger partial charge in [-0.2, -0.15) is 13.2 Å². The highest BCUT2D eigenvalue weighted by molar-refractivity contribution is 6.04. The SMILES string of the molecule is O=C(O)CC1Cc2ccc(-c3ccccc3C(F)(F)F)cc2C1=O. The zero-order chi connectivity index (χ0) is 17.5. The minimum atomic E-state index is -4.49.